The molecule has 0 saturated carbocycles. The zero-order valence-corrected chi connectivity index (χ0v) is 14.6. The normalized spacial score (nSPS) is 11.5. The summed E-state index contributed by atoms with van der Waals surface area (Å²) < 4.78 is 32.7. The van der Waals surface area contributed by atoms with Crippen molar-refractivity contribution >= 4 is 15.7 Å². The summed E-state index contributed by atoms with van der Waals surface area (Å²) in [6.45, 7) is 6.75. The molecule has 0 spiro atoms. The Labute approximate surface area is 138 Å². The third-order valence-electron chi connectivity index (χ3n) is 3.30. The summed E-state index contributed by atoms with van der Waals surface area (Å²) in [7, 11) is -3.57. The molecule has 0 atom stereocenters. The number of nitrogens with one attached hydrogen (secondary N) is 1. The predicted octanol–water partition coefficient (Wildman–Crippen LogP) is 4.08. The average molecular weight is 333 g/mol. The van der Waals surface area contributed by atoms with Crippen LogP contribution in [-0.2, 0) is 16.4 Å². The van der Waals surface area contributed by atoms with Crippen LogP contribution in [-0.4, -0.2) is 15.0 Å². The molecule has 0 heterocycles. The van der Waals surface area contributed by atoms with Crippen LogP contribution >= 0.6 is 0 Å². The van der Waals surface area contributed by atoms with Crippen molar-refractivity contribution in [3.8, 4) is 5.75 Å². The van der Waals surface area contributed by atoms with E-state index < -0.39 is 10.0 Å². The molecule has 5 heteroatoms. The molecule has 0 aliphatic heterocycles. The molecule has 0 unspecified atom stereocenters. The minimum absolute atomic E-state index is 0.263. The van der Waals surface area contributed by atoms with Crippen LogP contribution < -0.4 is 9.46 Å². The molecule has 0 aliphatic rings. The van der Waals surface area contributed by atoms with Crippen LogP contribution in [0.1, 0.15) is 26.3 Å². The topological polar surface area (TPSA) is 55.4 Å². The van der Waals surface area contributed by atoms with Gasteiger partial charge >= 0.3 is 0 Å². The van der Waals surface area contributed by atoms with Gasteiger partial charge in [-0.2, -0.15) is 0 Å². The molecular formula is C18H23NO3S. The first-order chi connectivity index (χ1) is 10.9. The molecule has 4 nitrogen and oxygen atoms in total. The van der Waals surface area contributed by atoms with Crippen molar-refractivity contribution in [1.82, 2.24) is 0 Å². The molecule has 2 aromatic carbocycles. The van der Waals surface area contributed by atoms with E-state index in [9.17, 15) is 8.42 Å². The summed E-state index contributed by atoms with van der Waals surface area (Å²) in [5.41, 5.74) is 1.65. The number of sulfonamides is 1. The van der Waals surface area contributed by atoms with Crippen LogP contribution in [0.4, 0.5) is 5.69 Å². The number of anilines is 1. The Kier molecular flexibility index (Phi) is 5.66. The van der Waals surface area contributed by atoms with E-state index in [2.05, 4.69) is 18.6 Å². The number of rotatable bonds is 7. The van der Waals surface area contributed by atoms with Gasteiger partial charge in [-0.25, -0.2) is 8.42 Å². The van der Waals surface area contributed by atoms with E-state index in [0.717, 1.165) is 12.0 Å². The monoisotopic (exact) mass is 333 g/mol. The Morgan fingerprint density at radius 3 is 2.13 bits per heavy atom. The first kappa shape index (κ1) is 17.3. The van der Waals surface area contributed by atoms with Crippen molar-refractivity contribution < 1.29 is 13.2 Å². The SMILES string of the molecule is CCOc1ccc(NS(=O)(=O)c2ccc(CC(C)C)cc2)cc1. The Balaban J connectivity index is 2.11. The van der Waals surface area contributed by atoms with Gasteiger partial charge in [0, 0.05) is 5.69 Å². The highest BCUT2D eigenvalue weighted by atomic mass is 32.2. The number of hydrogen-bond acceptors (Lipinski definition) is 3. The lowest BCUT2D eigenvalue weighted by Gasteiger charge is -2.10. The van der Waals surface area contributed by atoms with E-state index in [1.54, 1.807) is 36.4 Å². The van der Waals surface area contributed by atoms with Crippen LogP contribution in [0.25, 0.3) is 0 Å². The van der Waals surface area contributed by atoms with Crippen LogP contribution in [0.15, 0.2) is 53.4 Å². The molecule has 23 heavy (non-hydrogen) atoms. The summed E-state index contributed by atoms with van der Waals surface area (Å²) in [4.78, 5) is 0.263. The molecule has 0 bridgehead atoms. The highest BCUT2D eigenvalue weighted by molar-refractivity contribution is 7.92. The maximum absolute atomic E-state index is 12.4. The largest absolute Gasteiger partial charge is 0.494 e. The molecule has 2 rings (SSSR count). The molecule has 0 fully saturated rings. The Morgan fingerprint density at radius 1 is 1.00 bits per heavy atom. The lowest BCUT2D eigenvalue weighted by Crippen LogP contribution is -2.13. The molecule has 1 N–H and O–H groups in total. The van der Waals surface area contributed by atoms with E-state index in [0.29, 0.717) is 24.0 Å². The number of ether oxygens (including phenoxy) is 1. The molecule has 124 valence electrons. The smallest absolute Gasteiger partial charge is 0.261 e. The third kappa shape index (κ3) is 4.99. The van der Waals surface area contributed by atoms with Gasteiger partial charge in [0.1, 0.15) is 5.75 Å². The number of hydrogen-bond donors (Lipinski definition) is 1. The van der Waals surface area contributed by atoms with Gasteiger partial charge in [-0.3, -0.25) is 4.72 Å². The molecule has 2 aromatic rings. The summed E-state index contributed by atoms with van der Waals surface area (Å²) in [6, 6.07) is 13.9. The van der Waals surface area contributed by atoms with Gasteiger partial charge in [0.2, 0.25) is 0 Å². The van der Waals surface area contributed by atoms with Gasteiger partial charge in [-0.05, 0) is 61.2 Å². The Bertz CT molecular complexity index is 720. The minimum Gasteiger partial charge on any atom is -0.494 e. The fraction of sp³-hybridized carbons (Fsp3) is 0.333. The van der Waals surface area contributed by atoms with E-state index in [-0.39, 0.29) is 4.90 Å². The third-order valence-corrected chi connectivity index (χ3v) is 4.69. The van der Waals surface area contributed by atoms with Crippen LogP contribution in [0.3, 0.4) is 0 Å². The second-order valence-electron chi connectivity index (χ2n) is 5.80. The number of benzene rings is 2. The first-order valence-electron chi connectivity index (χ1n) is 7.75. The van der Waals surface area contributed by atoms with Crippen LogP contribution in [0, 0.1) is 5.92 Å². The van der Waals surface area contributed by atoms with Crippen molar-refractivity contribution in [2.45, 2.75) is 32.1 Å². The standard InChI is InChI=1S/C18H23NO3S/c1-4-22-17-9-7-16(8-10-17)19-23(20,21)18-11-5-15(6-12-18)13-14(2)3/h5-12,14,19H,4,13H2,1-3H3. The van der Waals surface area contributed by atoms with E-state index in [1.165, 1.54) is 0 Å². The second-order valence-corrected chi connectivity index (χ2v) is 7.49. The van der Waals surface area contributed by atoms with Gasteiger partial charge in [-0.1, -0.05) is 26.0 Å². The predicted molar refractivity (Wildman–Crippen MR) is 93.4 cm³/mol. The summed E-state index contributed by atoms with van der Waals surface area (Å²) in [5, 5.41) is 0. The molecule has 0 aromatic heterocycles. The Hall–Kier alpha value is -2.01. The lowest BCUT2D eigenvalue weighted by atomic mass is 10.0. The van der Waals surface area contributed by atoms with Crippen molar-refractivity contribution in [2.24, 2.45) is 5.92 Å². The lowest BCUT2D eigenvalue weighted by molar-refractivity contribution is 0.340. The fourth-order valence-corrected chi connectivity index (χ4v) is 3.33. The van der Waals surface area contributed by atoms with E-state index >= 15 is 0 Å². The highest BCUT2D eigenvalue weighted by Crippen LogP contribution is 2.20. The summed E-state index contributed by atoms with van der Waals surface area (Å²) in [6.07, 6.45) is 0.937. The molecule has 0 amide bonds. The molecule has 0 saturated heterocycles. The highest BCUT2D eigenvalue weighted by Gasteiger charge is 2.14. The maximum Gasteiger partial charge on any atom is 0.261 e. The van der Waals surface area contributed by atoms with Crippen molar-refractivity contribution in [2.75, 3.05) is 11.3 Å². The van der Waals surface area contributed by atoms with Gasteiger partial charge in [0.15, 0.2) is 0 Å². The molecule has 0 aliphatic carbocycles. The van der Waals surface area contributed by atoms with Crippen molar-refractivity contribution in [1.29, 1.82) is 0 Å². The summed E-state index contributed by atoms with van der Waals surface area (Å²) in [5.74, 6) is 1.26. The van der Waals surface area contributed by atoms with Crippen molar-refractivity contribution in [3.63, 3.8) is 0 Å². The van der Waals surface area contributed by atoms with Crippen LogP contribution in [0.2, 0.25) is 0 Å². The molecule has 0 radical (unpaired) electrons. The second kappa shape index (κ2) is 7.51. The molecular weight excluding hydrogens is 310 g/mol. The van der Waals surface area contributed by atoms with Gasteiger partial charge in [0.25, 0.3) is 10.0 Å². The quantitative estimate of drug-likeness (QED) is 0.830. The maximum atomic E-state index is 12.4. The van der Waals surface area contributed by atoms with Gasteiger partial charge in [-0.15, -0.1) is 0 Å². The van der Waals surface area contributed by atoms with Crippen molar-refractivity contribution in [3.05, 3.63) is 54.1 Å². The van der Waals surface area contributed by atoms with E-state index in [4.69, 9.17) is 4.74 Å². The Morgan fingerprint density at radius 2 is 1.61 bits per heavy atom. The first-order valence-corrected chi connectivity index (χ1v) is 9.23. The zero-order chi connectivity index (χ0) is 16.9. The van der Waals surface area contributed by atoms with Gasteiger partial charge < -0.3 is 4.74 Å². The van der Waals surface area contributed by atoms with Crippen LogP contribution in [0.5, 0.6) is 5.75 Å². The van der Waals surface area contributed by atoms with Gasteiger partial charge in [0.05, 0.1) is 11.5 Å². The zero-order valence-electron chi connectivity index (χ0n) is 13.7. The summed E-state index contributed by atoms with van der Waals surface area (Å²) >= 11 is 0. The van der Waals surface area contributed by atoms with E-state index in [1.807, 2.05) is 19.1 Å². The fourth-order valence-electron chi connectivity index (χ4n) is 2.28. The minimum atomic E-state index is -3.57. The average Bonchev–Trinajstić information content (AvgIpc) is 2.49.